The minimum Gasteiger partial charge on any atom is -0.0609 e. The van der Waals surface area contributed by atoms with Gasteiger partial charge in [-0.05, 0) is 54.7 Å². The van der Waals surface area contributed by atoms with Crippen molar-refractivity contribution in [1.29, 1.82) is 0 Å². The van der Waals surface area contributed by atoms with Gasteiger partial charge < -0.3 is 0 Å². The summed E-state index contributed by atoms with van der Waals surface area (Å²) in [6.45, 7) is 0. The lowest BCUT2D eigenvalue weighted by Gasteiger charge is -2.30. The molecule has 0 saturated heterocycles. The van der Waals surface area contributed by atoms with Crippen molar-refractivity contribution in [2.45, 2.75) is 43.9 Å². The predicted molar refractivity (Wildman–Crippen MR) is 67.0 cm³/mol. The Kier molecular flexibility index (Phi) is 2.39. The molecule has 0 atom stereocenters. The standard InChI is InChI=1S/C14H17Br/c15-13-7-1-4-12(10-13)14-8-2-5-11(14)6-3-9-14/h1,4,7,10-11H,2-3,5-6,8-9H2. The first kappa shape index (κ1) is 9.89. The molecule has 15 heavy (non-hydrogen) atoms. The molecule has 2 fully saturated rings. The van der Waals surface area contributed by atoms with Gasteiger partial charge in [0.05, 0.1) is 0 Å². The van der Waals surface area contributed by atoms with Crippen LogP contribution < -0.4 is 0 Å². The zero-order valence-corrected chi connectivity index (χ0v) is 10.6. The summed E-state index contributed by atoms with van der Waals surface area (Å²) < 4.78 is 1.24. The molecule has 0 spiro atoms. The van der Waals surface area contributed by atoms with E-state index in [1.807, 2.05) is 0 Å². The Bertz CT molecular complexity index is 359. The van der Waals surface area contributed by atoms with Crippen LogP contribution in [0.2, 0.25) is 0 Å². The lowest BCUT2D eigenvalue weighted by atomic mass is 9.74. The van der Waals surface area contributed by atoms with Crippen molar-refractivity contribution in [3.63, 3.8) is 0 Å². The van der Waals surface area contributed by atoms with Crippen LogP contribution in [0, 0.1) is 5.92 Å². The Morgan fingerprint density at radius 1 is 1.13 bits per heavy atom. The highest BCUT2D eigenvalue weighted by atomic mass is 79.9. The lowest BCUT2D eigenvalue weighted by Crippen LogP contribution is -2.25. The molecule has 2 saturated carbocycles. The van der Waals surface area contributed by atoms with E-state index in [1.54, 1.807) is 5.56 Å². The molecule has 1 heteroatoms. The third-order valence-electron chi connectivity index (χ3n) is 4.53. The minimum absolute atomic E-state index is 0.559. The van der Waals surface area contributed by atoms with Crippen LogP contribution in [0.4, 0.5) is 0 Å². The average Bonchev–Trinajstić information content (AvgIpc) is 2.75. The molecule has 0 heterocycles. The number of halogens is 1. The molecular formula is C14H17Br. The monoisotopic (exact) mass is 264 g/mol. The molecule has 0 amide bonds. The van der Waals surface area contributed by atoms with Crippen molar-refractivity contribution >= 4 is 15.9 Å². The van der Waals surface area contributed by atoms with Crippen LogP contribution >= 0.6 is 15.9 Å². The summed E-state index contributed by atoms with van der Waals surface area (Å²) in [5, 5.41) is 0. The molecule has 0 unspecified atom stereocenters. The second-order valence-corrected chi connectivity index (χ2v) is 6.06. The van der Waals surface area contributed by atoms with E-state index in [1.165, 1.54) is 43.0 Å². The number of hydrogen-bond donors (Lipinski definition) is 0. The van der Waals surface area contributed by atoms with E-state index in [9.17, 15) is 0 Å². The Morgan fingerprint density at radius 3 is 2.53 bits per heavy atom. The van der Waals surface area contributed by atoms with Gasteiger partial charge in [-0.2, -0.15) is 0 Å². The summed E-state index contributed by atoms with van der Waals surface area (Å²) in [6, 6.07) is 9.03. The van der Waals surface area contributed by atoms with Gasteiger partial charge in [0.1, 0.15) is 0 Å². The minimum atomic E-state index is 0.559. The van der Waals surface area contributed by atoms with Crippen molar-refractivity contribution in [2.75, 3.05) is 0 Å². The normalized spacial score (nSPS) is 34.3. The molecule has 3 rings (SSSR count). The summed E-state index contributed by atoms with van der Waals surface area (Å²) in [5.74, 6) is 0.979. The van der Waals surface area contributed by atoms with E-state index in [4.69, 9.17) is 0 Å². The molecule has 80 valence electrons. The summed E-state index contributed by atoms with van der Waals surface area (Å²) >= 11 is 3.60. The molecule has 2 aliphatic rings. The van der Waals surface area contributed by atoms with Crippen LogP contribution in [-0.2, 0) is 5.41 Å². The third kappa shape index (κ3) is 1.47. The second kappa shape index (κ2) is 3.62. The fourth-order valence-corrected chi connectivity index (χ4v) is 4.28. The molecule has 0 aliphatic heterocycles. The Balaban J connectivity index is 2.04. The van der Waals surface area contributed by atoms with Crippen LogP contribution in [0.1, 0.15) is 44.1 Å². The molecular weight excluding hydrogens is 248 g/mol. The fourth-order valence-electron chi connectivity index (χ4n) is 3.88. The number of hydrogen-bond acceptors (Lipinski definition) is 0. The second-order valence-electron chi connectivity index (χ2n) is 5.15. The van der Waals surface area contributed by atoms with E-state index in [0.29, 0.717) is 5.41 Å². The van der Waals surface area contributed by atoms with Gasteiger partial charge in [0.25, 0.3) is 0 Å². The van der Waals surface area contributed by atoms with Crippen molar-refractivity contribution in [2.24, 2.45) is 5.92 Å². The highest BCUT2D eigenvalue weighted by Gasteiger charge is 2.46. The summed E-state index contributed by atoms with van der Waals surface area (Å²) in [5.41, 5.74) is 2.15. The topological polar surface area (TPSA) is 0 Å². The van der Waals surface area contributed by atoms with Gasteiger partial charge >= 0.3 is 0 Å². The van der Waals surface area contributed by atoms with Crippen molar-refractivity contribution in [3.05, 3.63) is 34.3 Å². The van der Waals surface area contributed by atoms with Crippen LogP contribution in [0.15, 0.2) is 28.7 Å². The maximum atomic E-state index is 3.60. The van der Waals surface area contributed by atoms with Crippen LogP contribution in [-0.4, -0.2) is 0 Å². The number of fused-ring (bicyclic) bond motifs is 1. The van der Waals surface area contributed by atoms with E-state index >= 15 is 0 Å². The van der Waals surface area contributed by atoms with E-state index in [-0.39, 0.29) is 0 Å². The molecule has 0 bridgehead atoms. The number of benzene rings is 1. The summed E-state index contributed by atoms with van der Waals surface area (Å²) in [7, 11) is 0. The highest BCUT2D eigenvalue weighted by Crippen LogP contribution is 2.55. The van der Waals surface area contributed by atoms with Gasteiger partial charge in [-0.1, -0.05) is 40.9 Å². The molecule has 2 aliphatic carbocycles. The van der Waals surface area contributed by atoms with E-state index in [2.05, 4.69) is 40.2 Å². The van der Waals surface area contributed by atoms with E-state index in [0.717, 1.165) is 5.92 Å². The molecule has 0 nitrogen and oxygen atoms in total. The Labute approximate surface area is 100 Å². The SMILES string of the molecule is Brc1cccc(C23CCCC2CCC3)c1. The van der Waals surface area contributed by atoms with Crippen molar-refractivity contribution in [3.8, 4) is 0 Å². The zero-order chi connectivity index (χ0) is 10.3. The smallest absolute Gasteiger partial charge is 0.0178 e. The third-order valence-corrected chi connectivity index (χ3v) is 5.03. The van der Waals surface area contributed by atoms with Crippen molar-refractivity contribution < 1.29 is 0 Å². The van der Waals surface area contributed by atoms with Gasteiger partial charge in [-0.25, -0.2) is 0 Å². The first-order chi connectivity index (χ1) is 7.31. The quantitative estimate of drug-likeness (QED) is 0.692. The van der Waals surface area contributed by atoms with Crippen LogP contribution in [0.3, 0.4) is 0 Å². The van der Waals surface area contributed by atoms with E-state index < -0.39 is 0 Å². The van der Waals surface area contributed by atoms with Crippen LogP contribution in [0.25, 0.3) is 0 Å². The Morgan fingerprint density at radius 2 is 1.87 bits per heavy atom. The molecule has 0 radical (unpaired) electrons. The van der Waals surface area contributed by atoms with Gasteiger partial charge in [-0.3, -0.25) is 0 Å². The lowest BCUT2D eigenvalue weighted by molar-refractivity contribution is 0.369. The van der Waals surface area contributed by atoms with Gasteiger partial charge in [0.2, 0.25) is 0 Å². The summed E-state index contributed by atoms with van der Waals surface area (Å²) in [6.07, 6.45) is 8.66. The maximum Gasteiger partial charge on any atom is 0.0178 e. The average molecular weight is 265 g/mol. The summed E-state index contributed by atoms with van der Waals surface area (Å²) in [4.78, 5) is 0. The Hall–Kier alpha value is -0.300. The first-order valence-corrected chi connectivity index (χ1v) is 6.87. The van der Waals surface area contributed by atoms with Crippen molar-refractivity contribution in [1.82, 2.24) is 0 Å². The maximum absolute atomic E-state index is 3.60. The van der Waals surface area contributed by atoms with Gasteiger partial charge in [0.15, 0.2) is 0 Å². The van der Waals surface area contributed by atoms with Crippen LogP contribution in [0.5, 0.6) is 0 Å². The molecule has 0 N–H and O–H groups in total. The predicted octanol–water partition coefficient (Wildman–Crippen LogP) is 4.67. The molecule has 1 aromatic carbocycles. The highest BCUT2D eigenvalue weighted by molar-refractivity contribution is 9.10. The first-order valence-electron chi connectivity index (χ1n) is 6.07. The molecule has 0 aromatic heterocycles. The van der Waals surface area contributed by atoms with Gasteiger partial charge in [-0.15, -0.1) is 0 Å². The molecule has 1 aromatic rings. The fraction of sp³-hybridized carbons (Fsp3) is 0.571. The number of rotatable bonds is 1. The zero-order valence-electron chi connectivity index (χ0n) is 9.01. The largest absolute Gasteiger partial charge is 0.0609 e. The van der Waals surface area contributed by atoms with Gasteiger partial charge in [0, 0.05) is 4.47 Å².